The number of halogens is 4. The van der Waals surface area contributed by atoms with Gasteiger partial charge in [-0.05, 0) is 30.3 Å². The Balaban J connectivity index is 2.45. The Labute approximate surface area is 118 Å². The molecule has 6 heteroatoms. The minimum atomic E-state index is -2.88. The van der Waals surface area contributed by atoms with Crippen molar-refractivity contribution in [2.45, 2.75) is 6.43 Å². The van der Waals surface area contributed by atoms with Gasteiger partial charge in [0, 0.05) is 5.02 Å². The molecule has 0 bridgehead atoms. The molecule has 0 spiro atoms. The fourth-order valence-electron chi connectivity index (χ4n) is 1.61. The van der Waals surface area contributed by atoms with Crippen molar-refractivity contribution in [3.63, 3.8) is 0 Å². The van der Waals surface area contributed by atoms with E-state index in [4.69, 9.17) is 21.6 Å². The largest absolute Gasteiger partial charge is 0.454 e. The van der Waals surface area contributed by atoms with E-state index in [1.807, 2.05) is 6.07 Å². The van der Waals surface area contributed by atoms with Gasteiger partial charge in [0.05, 0.1) is 17.2 Å². The third-order valence-electron chi connectivity index (χ3n) is 2.45. The lowest BCUT2D eigenvalue weighted by atomic mass is 10.2. The molecule has 2 nitrogen and oxygen atoms in total. The van der Waals surface area contributed by atoms with E-state index in [9.17, 15) is 13.2 Å². The van der Waals surface area contributed by atoms with Gasteiger partial charge < -0.3 is 4.74 Å². The van der Waals surface area contributed by atoms with Crippen molar-refractivity contribution in [2.75, 3.05) is 0 Å². The van der Waals surface area contributed by atoms with Gasteiger partial charge in [-0.1, -0.05) is 17.7 Å². The molecule has 0 aromatic heterocycles. The Morgan fingerprint density at radius 2 is 1.95 bits per heavy atom. The van der Waals surface area contributed by atoms with E-state index < -0.39 is 23.6 Å². The minimum absolute atomic E-state index is 0.0149. The molecule has 0 saturated heterocycles. The predicted molar refractivity (Wildman–Crippen MR) is 67.6 cm³/mol. The molecule has 2 aromatic rings. The van der Waals surface area contributed by atoms with E-state index in [-0.39, 0.29) is 16.3 Å². The molecule has 0 fully saturated rings. The number of ether oxygens (including phenoxy) is 1. The van der Waals surface area contributed by atoms with Crippen LogP contribution in [0.3, 0.4) is 0 Å². The molecule has 0 N–H and O–H groups in total. The maximum absolute atomic E-state index is 13.6. The molecule has 2 rings (SSSR count). The molecule has 0 heterocycles. The molecule has 0 aliphatic heterocycles. The van der Waals surface area contributed by atoms with E-state index >= 15 is 0 Å². The molecule has 20 heavy (non-hydrogen) atoms. The molecule has 0 amide bonds. The fourth-order valence-corrected chi connectivity index (χ4v) is 1.83. The highest BCUT2D eigenvalue weighted by atomic mass is 35.5. The topological polar surface area (TPSA) is 33.0 Å². The lowest BCUT2D eigenvalue weighted by Crippen LogP contribution is -1.96. The highest BCUT2D eigenvalue weighted by molar-refractivity contribution is 6.30. The molecule has 0 aliphatic rings. The maximum atomic E-state index is 13.6. The van der Waals surface area contributed by atoms with E-state index in [0.717, 1.165) is 12.1 Å². The lowest BCUT2D eigenvalue weighted by molar-refractivity contribution is 0.147. The summed E-state index contributed by atoms with van der Waals surface area (Å²) in [5.74, 6) is -1.48. The summed E-state index contributed by atoms with van der Waals surface area (Å²) in [5, 5.41) is 8.98. The Kier molecular flexibility index (Phi) is 4.16. The Morgan fingerprint density at radius 1 is 1.20 bits per heavy atom. The highest BCUT2D eigenvalue weighted by Gasteiger charge is 2.18. The van der Waals surface area contributed by atoms with Gasteiger partial charge >= 0.3 is 0 Å². The zero-order chi connectivity index (χ0) is 14.7. The molecular weight excluding hydrogens is 291 g/mol. The first-order valence-corrected chi connectivity index (χ1v) is 5.84. The quantitative estimate of drug-likeness (QED) is 0.791. The standard InChI is InChI=1S/C14H7ClF3NO/c15-9-4-8(7-19)5-10(6-9)20-13-11(14(17)18)2-1-3-12(13)16/h1-6,14H. The molecule has 102 valence electrons. The van der Waals surface area contributed by atoms with E-state index in [1.54, 1.807) is 0 Å². The van der Waals surface area contributed by atoms with Crippen LogP contribution < -0.4 is 4.74 Å². The van der Waals surface area contributed by atoms with Crippen LogP contribution in [-0.4, -0.2) is 0 Å². The smallest absolute Gasteiger partial charge is 0.267 e. The zero-order valence-corrected chi connectivity index (χ0v) is 10.7. The van der Waals surface area contributed by atoms with Crippen LogP contribution in [-0.2, 0) is 0 Å². The summed E-state index contributed by atoms with van der Waals surface area (Å²) < 4.78 is 44.4. The Bertz CT molecular complexity index is 683. The van der Waals surface area contributed by atoms with Crippen LogP contribution >= 0.6 is 11.6 Å². The number of rotatable bonds is 3. The third-order valence-corrected chi connectivity index (χ3v) is 2.67. The number of para-hydroxylation sites is 1. The van der Waals surface area contributed by atoms with Crippen molar-refractivity contribution < 1.29 is 17.9 Å². The summed E-state index contributed by atoms with van der Waals surface area (Å²) >= 11 is 5.76. The van der Waals surface area contributed by atoms with Crippen LogP contribution in [0.5, 0.6) is 11.5 Å². The zero-order valence-electron chi connectivity index (χ0n) is 9.91. The van der Waals surface area contributed by atoms with Crippen molar-refractivity contribution >= 4 is 11.6 Å². The minimum Gasteiger partial charge on any atom is -0.454 e. The molecule has 0 aliphatic carbocycles. The Hall–Kier alpha value is -2.19. The number of nitriles is 1. The van der Waals surface area contributed by atoms with Crippen molar-refractivity contribution in [1.82, 2.24) is 0 Å². The Morgan fingerprint density at radius 3 is 2.60 bits per heavy atom. The first-order valence-electron chi connectivity index (χ1n) is 5.46. The molecule has 0 saturated carbocycles. The number of benzene rings is 2. The average molecular weight is 298 g/mol. The van der Waals surface area contributed by atoms with Gasteiger partial charge in [-0.15, -0.1) is 0 Å². The van der Waals surface area contributed by atoms with E-state index in [0.29, 0.717) is 0 Å². The van der Waals surface area contributed by atoms with Crippen LogP contribution in [0.1, 0.15) is 17.6 Å². The summed E-state index contributed by atoms with van der Waals surface area (Å²) in [6, 6.07) is 9.06. The van der Waals surface area contributed by atoms with Gasteiger partial charge in [0.2, 0.25) is 0 Å². The second-order valence-electron chi connectivity index (χ2n) is 3.85. The number of alkyl halides is 2. The summed E-state index contributed by atoms with van der Waals surface area (Å²) in [6.45, 7) is 0. The van der Waals surface area contributed by atoms with Crippen molar-refractivity contribution in [3.05, 3.63) is 58.4 Å². The molecule has 0 radical (unpaired) electrons. The van der Waals surface area contributed by atoms with Gasteiger partial charge in [0.15, 0.2) is 11.6 Å². The molecule has 0 atom stereocenters. The molecule has 0 unspecified atom stereocenters. The number of hydrogen-bond acceptors (Lipinski definition) is 2. The summed E-state index contributed by atoms with van der Waals surface area (Å²) in [4.78, 5) is 0. The average Bonchev–Trinajstić information content (AvgIpc) is 2.40. The monoisotopic (exact) mass is 297 g/mol. The van der Waals surface area contributed by atoms with Crippen LogP contribution in [0, 0.1) is 17.1 Å². The molecule has 2 aromatic carbocycles. The van der Waals surface area contributed by atoms with E-state index in [2.05, 4.69) is 0 Å². The van der Waals surface area contributed by atoms with Crippen molar-refractivity contribution in [1.29, 1.82) is 5.26 Å². The van der Waals surface area contributed by atoms with Gasteiger partial charge in [-0.2, -0.15) is 5.26 Å². The third kappa shape index (κ3) is 3.03. The van der Waals surface area contributed by atoms with Crippen LogP contribution in [0.2, 0.25) is 5.02 Å². The second kappa shape index (κ2) is 5.85. The lowest BCUT2D eigenvalue weighted by Gasteiger charge is -2.12. The van der Waals surface area contributed by atoms with Gasteiger partial charge in [0.25, 0.3) is 6.43 Å². The van der Waals surface area contributed by atoms with Crippen LogP contribution in [0.15, 0.2) is 36.4 Å². The SMILES string of the molecule is N#Cc1cc(Cl)cc(Oc2c(F)cccc2C(F)F)c1. The van der Waals surface area contributed by atoms with Crippen molar-refractivity contribution in [3.8, 4) is 17.6 Å². The second-order valence-corrected chi connectivity index (χ2v) is 4.28. The van der Waals surface area contributed by atoms with Gasteiger partial charge in [-0.3, -0.25) is 0 Å². The van der Waals surface area contributed by atoms with Crippen LogP contribution in [0.25, 0.3) is 0 Å². The number of hydrogen-bond donors (Lipinski definition) is 0. The number of nitrogens with zero attached hydrogens (tertiary/aromatic N) is 1. The normalized spacial score (nSPS) is 10.4. The van der Waals surface area contributed by atoms with E-state index in [1.165, 1.54) is 24.3 Å². The van der Waals surface area contributed by atoms with Gasteiger partial charge in [-0.25, -0.2) is 13.2 Å². The van der Waals surface area contributed by atoms with Crippen LogP contribution in [0.4, 0.5) is 13.2 Å². The summed E-state index contributed by atoms with van der Waals surface area (Å²) in [6.07, 6.45) is -2.88. The summed E-state index contributed by atoms with van der Waals surface area (Å²) in [7, 11) is 0. The highest BCUT2D eigenvalue weighted by Crippen LogP contribution is 2.35. The summed E-state index contributed by atoms with van der Waals surface area (Å²) in [5.41, 5.74) is -0.383. The first kappa shape index (κ1) is 14.2. The predicted octanol–water partition coefficient (Wildman–Crippen LogP) is 5.08. The maximum Gasteiger partial charge on any atom is 0.267 e. The van der Waals surface area contributed by atoms with Crippen molar-refractivity contribution in [2.24, 2.45) is 0 Å². The first-order chi connectivity index (χ1) is 9.51. The fraction of sp³-hybridized carbons (Fsp3) is 0.0714. The molecular formula is C14H7ClF3NO. The van der Waals surface area contributed by atoms with Gasteiger partial charge in [0.1, 0.15) is 5.75 Å².